The van der Waals surface area contributed by atoms with Gasteiger partial charge in [-0.1, -0.05) is 12.1 Å². The first-order valence-electron chi connectivity index (χ1n) is 3.29. The van der Waals surface area contributed by atoms with Crippen molar-refractivity contribution in [2.24, 2.45) is 0 Å². The Kier molecular flexibility index (Phi) is 2.36. The zero-order valence-corrected chi connectivity index (χ0v) is 6.23. The minimum absolute atomic E-state index is 0.660. The van der Waals surface area contributed by atoms with Crippen molar-refractivity contribution in [3.8, 4) is 0 Å². The molecule has 0 saturated carbocycles. The highest BCUT2D eigenvalue weighted by molar-refractivity contribution is 5.78. The van der Waals surface area contributed by atoms with Crippen molar-refractivity contribution >= 4 is 6.04 Å². The van der Waals surface area contributed by atoms with Crippen LogP contribution in [-0.2, 0) is 10.7 Å². The molecule has 0 aromatic heterocycles. The highest BCUT2D eigenvalue weighted by Crippen LogP contribution is 2.31. The van der Waals surface area contributed by atoms with E-state index in [1.807, 2.05) is 0 Å². The topological polar surface area (TPSA) is 17.1 Å². The number of rotatable bonds is 2. The molecule has 13 heavy (non-hydrogen) atoms. The van der Waals surface area contributed by atoms with Gasteiger partial charge in [0.1, 0.15) is 5.82 Å². The van der Waals surface area contributed by atoms with Gasteiger partial charge < -0.3 is 0 Å². The summed E-state index contributed by atoms with van der Waals surface area (Å²) in [5.41, 5.74) is -1.25. The molecule has 0 aliphatic heterocycles. The Morgan fingerprint density at radius 2 is 1.77 bits per heavy atom. The average molecular weight is 192 g/mol. The fourth-order valence-electron chi connectivity index (χ4n) is 0.822. The Hall–Kier alpha value is -1.39. The molecule has 1 aromatic carbocycles. The summed E-state index contributed by atoms with van der Waals surface area (Å²) in [4.78, 5) is 9.83. The molecule has 0 unspecified atom stereocenters. The van der Waals surface area contributed by atoms with Crippen LogP contribution >= 0.6 is 0 Å². The van der Waals surface area contributed by atoms with Gasteiger partial charge in [0.2, 0.25) is 0 Å². The SMILES string of the molecule is O=C(F)C(F)(F)c1ccccc1F. The van der Waals surface area contributed by atoms with Crippen LogP contribution in [0.1, 0.15) is 5.56 Å². The van der Waals surface area contributed by atoms with Crippen LogP contribution in [0.2, 0.25) is 0 Å². The summed E-state index contributed by atoms with van der Waals surface area (Å²) in [5.74, 6) is -5.70. The van der Waals surface area contributed by atoms with Gasteiger partial charge in [0, 0.05) is 0 Å². The van der Waals surface area contributed by atoms with E-state index in [1.54, 1.807) is 0 Å². The molecule has 0 heterocycles. The molecule has 0 radical (unpaired) electrons. The second-order valence-electron chi connectivity index (χ2n) is 2.33. The van der Waals surface area contributed by atoms with Gasteiger partial charge in [0.05, 0.1) is 5.56 Å². The monoisotopic (exact) mass is 192 g/mol. The normalized spacial score (nSPS) is 11.4. The van der Waals surface area contributed by atoms with Crippen molar-refractivity contribution in [1.29, 1.82) is 0 Å². The van der Waals surface area contributed by atoms with Crippen molar-refractivity contribution in [2.45, 2.75) is 5.92 Å². The zero-order valence-electron chi connectivity index (χ0n) is 6.23. The number of halogens is 4. The van der Waals surface area contributed by atoms with Crippen LogP contribution in [-0.4, -0.2) is 6.04 Å². The summed E-state index contributed by atoms with van der Waals surface area (Å²) in [6.45, 7) is 0. The van der Waals surface area contributed by atoms with Crippen LogP contribution < -0.4 is 0 Å². The van der Waals surface area contributed by atoms with Gasteiger partial charge in [-0.3, -0.25) is 4.79 Å². The first-order valence-corrected chi connectivity index (χ1v) is 3.29. The lowest BCUT2D eigenvalue weighted by Crippen LogP contribution is -2.23. The third kappa shape index (κ3) is 1.68. The minimum atomic E-state index is -4.40. The average Bonchev–Trinajstić information content (AvgIpc) is 2.04. The van der Waals surface area contributed by atoms with Crippen molar-refractivity contribution in [1.82, 2.24) is 0 Å². The molecule has 5 heteroatoms. The maximum atomic E-state index is 12.6. The number of hydrogen-bond donors (Lipinski definition) is 0. The second kappa shape index (κ2) is 3.16. The summed E-state index contributed by atoms with van der Waals surface area (Å²) in [6.07, 6.45) is 0. The van der Waals surface area contributed by atoms with E-state index in [2.05, 4.69) is 0 Å². The molecule has 0 bridgehead atoms. The minimum Gasteiger partial charge on any atom is -0.254 e. The number of alkyl halides is 2. The van der Waals surface area contributed by atoms with E-state index in [0.717, 1.165) is 18.2 Å². The van der Waals surface area contributed by atoms with E-state index in [1.165, 1.54) is 0 Å². The van der Waals surface area contributed by atoms with E-state index in [0.29, 0.717) is 6.07 Å². The van der Waals surface area contributed by atoms with Crippen molar-refractivity contribution < 1.29 is 22.4 Å². The smallest absolute Gasteiger partial charge is 0.254 e. The maximum Gasteiger partial charge on any atom is 0.375 e. The Balaban J connectivity index is 3.22. The van der Waals surface area contributed by atoms with Crippen LogP contribution in [0.15, 0.2) is 24.3 Å². The first-order chi connectivity index (χ1) is 5.96. The molecule has 1 rings (SSSR count). The molecular weight excluding hydrogens is 188 g/mol. The van der Waals surface area contributed by atoms with Crippen LogP contribution in [0.3, 0.4) is 0 Å². The molecular formula is C8H4F4O. The van der Waals surface area contributed by atoms with Gasteiger partial charge in [0.15, 0.2) is 0 Å². The standard InChI is InChI=1S/C8H4F4O/c9-6-4-2-1-3-5(6)8(11,12)7(10)13/h1-4H. The van der Waals surface area contributed by atoms with Crippen molar-refractivity contribution in [3.63, 3.8) is 0 Å². The van der Waals surface area contributed by atoms with E-state index >= 15 is 0 Å². The Labute approximate surface area is 71.0 Å². The summed E-state index contributed by atoms with van der Waals surface area (Å²) >= 11 is 0. The van der Waals surface area contributed by atoms with Gasteiger partial charge in [-0.2, -0.15) is 13.2 Å². The van der Waals surface area contributed by atoms with Gasteiger partial charge in [-0.25, -0.2) is 4.39 Å². The van der Waals surface area contributed by atoms with Crippen LogP contribution in [0.4, 0.5) is 17.6 Å². The Bertz CT molecular complexity index is 335. The van der Waals surface area contributed by atoms with Crippen LogP contribution in [0.5, 0.6) is 0 Å². The number of carbonyl (C=O) groups excluding carboxylic acids is 1. The van der Waals surface area contributed by atoms with E-state index < -0.39 is 23.3 Å². The molecule has 0 amide bonds. The Morgan fingerprint density at radius 1 is 1.23 bits per heavy atom. The Morgan fingerprint density at radius 3 is 2.23 bits per heavy atom. The zero-order chi connectivity index (χ0) is 10.1. The third-order valence-electron chi connectivity index (χ3n) is 1.46. The summed E-state index contributed by atoms with van der Waals surface area (Å²) in [5, 5.41) is 0. The fourth-order valence-corrected chi connectivity index (χ4v) is 0.822. The van der Waals surface area contributed by atoms with Crippen molar-refractivity contribution in [2.75, 3.05) is 0 Å². The summed E-state index contributed by atoms with van der Waals surface area (Å²) in [6, 6.07) is 0.781. The summed E-state index contributed by atoms with van der Waals surface area (Å²) < 4.78 is 49.6. The van der Waals surface area contributed by atoms with Gasteiger partial charge >= 0.3 is 12.0 Å². The molecule has 0 N–H and O–H groups in total. The summed E-state index contributed by atoms with van der Waals surface area (Å²) in [7, 11) is 0. The molecule has 0 spiro atoms. The predicted molar refractivity (Wildman–Crippen MR) is 36.4 cm³/mol. The van der Waals surface area contributed by atoms with E-state index in [-0.39, 0.29) is 0 Å². The quantitative estimate of drug-likeness (QED) is 0.519. The van der Waals surface area contributed by atoms with Gasteiger partial charge in [-0.05, 0) is 12.1 Å². The highest BCUT2D eigenvalue weighted by Gasteiger charge is 2.43. The predicted octanol–water partition coefficient (Wildman–Crippen LogP) is 2.41. The lowest BCUT2D eigenvalue weighted by molar-refractivity contribution is -0.157. The lowest BCUT2D eigenvalue weighted by Gasteiger charge is -2.10. The largest absolute Gasteiger partial charge is 0.375 e. The fraction of sp³-hybridized carbons (Fsp3) is 0.125. The molecule has 0 fully saturated rings. The molecule has 1 aromatic rings. The molecule has 0 aliphatic rings. The molecule has 0 atom stereocenters. The van der Waals surface area contributed by atoms with Crippen molar-refractivity contribution in [3.05, 3.63) is 35.6 Å². The first kappa shape index (κ1) is 9.70. The lowest BCUT2D eigenvalue weighted by atomic mass is 10.1. The van der Waals surface area contributed by atoms with E-state index in [9.17, 15) is 22.4 Å². The molecule has 1 nitrogen and oxygen atoms in total. The number of hydrogen-bond acceptors (Lipinski definition) is 1. The number of benzene rings is 1. The van der Waals surface area contributed by atoms with Crippen LogP contribution in [0.25, 0.3) is 0 Å². The molecule has 0 aliphatic carbocycles. The second-order valence-corrected chi connectivity index (χ2v) is 2.33. The molecule has 70 valence electrons. The third-order valence-corrected chi connectivity index (χ3v) is 1.46. The van der Waals surface area contributed by atoms with E-state index in [4.69, 9.17) is 0 Å². The maximum absolute atomic E-state index is 12.6. The highest BCUT2D eigenvalue weighted by atomic mass is 19.3. The molecule has 0 saturated heterocycles. The van der Waals surface area contributed by atoms with Gasteiger partial charge in [0.25, 0.3) is 0 Å². The number of carbonyl (C=O) groups is 1. The van der Waals surface area contributed by atoms with Gasteiger partial charge in [-0.15, -0.1) is 0 Å². The van der Waals surface area contributed by atoms with Crippen LogP contribution in [0, 0.1) is 5.82 Å².